The highest BCUT2D eigenvalue weighted by Gasteiger charge is 2.36. The van der Waals surface area contributed by atoms with Crippen LogP contribution in [0.3, 0.4) is 0 Å². The van der Waals surface area contributed by atoms with Gasteiger partial charge >= 0.3 is 0 Å². The first-order valence-corrected chi connectivity index (χ1v) is 7.95. The summed E-state index contributed by atoms with van der Waals surface area (Å²) >= 11 is 6.75. The minimum absolute atomic E-state index is 0.327. The fourth-order valence-electron chi connectivity index (χ4n) is 2.16. The molecule has 4 nitrogen and oxygen atoms in total. The van der Waals surface area contributed by atoms with Gasteiger partial charge in [0.2, 0.25) is 0 Å². The van der Waals surface area contributed by atoms with Crippen molar-refractivity contribution in [2.45, 2.75) is 0 Å². The van der Waals surface area contributed by atoms with Crippen LogP contribution in [0.5, 0.6) is 5.75 Å². The van der Waals surface area contributed by atoms with Crippen LogP contribution in [0.15, 0.2) is 53.4 Å². The molecule has 0 radical (unpaired) electrons. The molecular formula is C17H12ClNO3S. The molecular weight excluding hydrogens is 334 g/mol. The maximum Gasteiger partial charge on any atom is 0.298 e. The highest BCUT2D eigenvalue weighted by molar-refractivity contribution is 8.19. The average Bonchev–Trinajstić information content (AvgIpc) is 2.83. The van der Waals surface area contributed by atoms with E-state index in [9.17, 15) is 9.59 Å². The predicted octanol–water partition coefficient (Wildman–Crippen LogP) is 4.59. The minimum atomic E-state index is -0.342. The molecule has 1 saturated heterocycles. The first-order chi connectivity index (χ1) is 11.1. The summed E-state index contributed by atoms with van der Waals surface area (Å²) in [5.41, 5.74) is 1.30. The fourth-order valence-corrected chi connectivity index (χ4v) is 3.13. The average molecular weight is 346 g/mol. The van der Waals surface area contributed by atoms with Crippen molar-refractivity contribution in [3.63, 3.8) is 0 Å². The normalized spacial score (nSPS) is 16.3. The van der Waals surface area contributed by atoms with Crippen LogP contribution >= 0.6 is 23.4 Å². The summed E-state index contributed by atoms with van der Waals surface area (Å²) in [4.78, 5) is 26.2. The van der Waals surface area contributed by atoms with Crippen LogP contribution in [0.25, 0.3) is 6.08 Å². The molecule has 23 heavy (non-hydrogen) atoms. The lowest BCUT2D eigenvalue weighted by Gasteiger charge is -2.12. The van der Waals surface area contributed by atoms with E-state index in [2.05, 4.69) is 0 Å². The van der Waals surface area contributed by atoms with Gasteiger partial charge in [0.05, 0.1) is 17.7 Å². The first-order valence-electron chi connectivity index (χ1n) is 6.76. The summed E-state index contributed by atoms with van der Waals surface area (Å²) in [6.07, 6.45) is 1.68. The zero-order valence-electron chi connectivity index (χ0n) is 12.2. The Balaban J connectivity index is 1.91. The number of imide groups is 1. The number of carbonyl (C=O) groups excluding carboxylic acids is 2. The van der Waals surface area contributed by atoms with Gasteiger partial charge in [-0.25, -0.2) is 4.90 Å². The number of methoxy groups -OCH3 is 1. The Morgan fingerprint density at radius 2 is 1.87 bits per heavy atom. The number of nitrogens with zero attached hydrogens (tertiary/aromatic N) is 1. The van der Waals surface area contributed by atoms with E-state index in [0.717, 1.165) is 22.2 Å². The Labute approximate surface area is 142 Å². The second-order valence-corrected chi connectivity index (χ2v) is 6.20. The van der Waals surface area contributed by atoms with E-state index in [1.807, 2.05) is 18.2 Å². The van der Waals surface area contributed by atoms with Gasteiger partial charge in [0.25, 0.3) is 11.1 Å². The van der Waals surface area contributed by atoms with E-state index in [-0.39, 0.29) is 11.1 Å². The number of ether oxygens (including phenoxy) is 1. The number of thioether (sulfide) groups is 1. The van der Waals surface area contributed by atoms with Crippen LogP contribution in [0.1, 0.15) is 5.56 Å². The smallest absolute Gasteiger partial charge is 0.298 e. The highest BCUT2D eigenvalue weighted by Crippen LogP contribution is 2.36. The number of anilines is 1. The quantitative estimate of drug-likeness (QED) is 0.763. The van der Waals surface area contributed by atoms with E-state index in [0.29, 0.717) is 21.4 Å². The second kappa shape index (κ2) is 6.48. The largest absolute Gasteiger partial charge is 0.497 e. The van der Waals surface area contributed by atoms with Crippen molar-refractivity contribution in [2.75, 3.05) is 12.0 Å². The number of benzene rings is 2. The number of amides is 2. The molecule has 6 heteroatoms. The van der Waals surface area contributed by atoms with Crippen molar-refractivity contribution in [3.05, 3.63) is 64.0 Å². The molecule has 1 fully saturated rings. The monoisotopic (exact) mass is 345 g/mol. The molecule has 2 amide bonds. The van der Waals surface area contributed by atoms with Crippen LogP contribution in [0.2, 0.25) is 5.02 Å². The Morgan fingerprint density at radius 3 is 2.57 bits per heavy atom. The van der Waals surface area contributed by atoms with Crippen molar-refractivity contribution in [1.82, 2.24) is 0 Å². The van der Waals surface area contributed by atoms with Gasteiger partial charge in [-0.2, -0.15) is 0 Å². The number of halogens is 1. The molecule has 1 aliphatic rings. The predicted molar refractivity (Wildman–Crippen MR) is 92.9 cm³/mol. The Bertz CT molecular complexity index is 802. The van der Waals surface area contributed by atoms with E-state index >= 15 is 0 Å². The van der Waals surface area contributed by atoms with Crippen LogP contribution in [-0.2, 0) is 4.79 Å². The molecule has 2 aromatic rings. The zero-order chi connectivity index (χ0) is 16.4. The van der Waals surface area contributed by atoms with Crippen molar-refractivity contribution in [2.24, 2.45) is 0 Å². The summed E-state index contributed by atoms with van der Waals surface area (Å²) in [5, 5.41) is 0.221. The molecule has 1 aliphatic heterocycles. The summed E-state index contributed by atoms with van der Waals surface area (Å²) in [7, 11) is 1.58. The van der Waals surface area contributed by atoms with Gasteiger partial charge in [-0.15, -0.1) is 0 Å². The number of carbonyl (C=O) groups is 2. The van der Waals surface area contributed by atoms with Crippen molar-refractivity contribution >= 4 is 46.3 Å². The maximum absolute atomic E-state index is 12.5. The molecule has 3 rings (SSSR count). The molecule has 0 spiro atoms. The third-order valence-corrected chi connectivity index (χ3v) is 4.39. The van der Waals surface area contributed by atoms with Crippen molar-refractivity contribution < 1.29 is 14.3 Å². The zero-order valence-corrected chi connectivity index (χ0v) is 13.7. The van der Waals surface area contributed by atoms with Gasteiger partial charge in [-0.3, -0.25) is 9.59 Å². The Morgan fingerprint density at radius 1 is 1.13 bits per heavy atom. The third-order valence-electron chi connectivity index (χ3n) is 3.27. The molecule has 2 aromatic carbocycles. The van der Waals surface area contributed by atoms with Gasteiger partial charge in [0, 0.05) is 5.02 Å². The molecule has 0 aromatic heterocycles. The van der Waals surface area contributed by atoms with Gasteiger partial charge in [0.15, 0.2) is 0 Å². The van der Waals surface area contributed by atoms with Crippen molar-refractivity contribution in [1.29, 1.82) is 0 Å². The fraction of sp³-hybridized carbons (Fsp3) is 0.0588. The number of hydrogen-bond acceptors (Lipinski definition) is 4. The van der Waals surface area contributed by atoms with E-state index < -0.39 is 0 Å². The van der Waals surface area contributed by atoms with Crippen LogP contribution in [0.4, 0.5) is 10.5 Å². The minimum Gasteiger partial charge on any atom is -0.497 e. The SMILES string of the molecule is COc1cccc(/C=C2\SC(=O)N(c3ccc(Cl)cc3)C2=O)c1. The number of hydrogen-bond donors (Lipinski definition) is 0. The summed E-state index contributed by atoms with van der Waals surface area (Å²) in [6, 6.07) is 13.9. The Hall–Kier alpha value is -2.24. The Kier molecular flexibility index (Phi) is 4.41. The third kappa shape index (κ3) is 3.25. The molecule has 0 unspecified atom stereocenters. The lowest BCUT2D eigenvalue weighted by molar-refractivity contribution is -0.113. The van der Waals surface area contributed by atoms with E-state index in [1.165, 1.54) is 0 Å². The van der Waals surface area contributed by atoms with E-state index in [1.54, 1.807) is 43.5 Å². The van der Waals surface area contributed by atoms with Gasteiger partial charge < -0.3 is 4.74 Å². The van der Waals surface area contributed by atoms with Crippen LogP contribution in [0, 0.1) is 0 Å². The van der Waals surface area contributed by atoms with Gasteiger partial charge in [0.1, 0.15) is 5.75 Å². The molecule has 1 heterocycles. The van der Waals surface area contributed by atoms with E-state index in [4.69, 9.17) is 16.3 Å². The van der Waals surface area contributed by atoms with Crippen LogP contribution < -0.4 is 9.64 Å². The molecule has 0 bridgehead atoms. The number of rotatable bonds is 3. The standard InChI is InChI=1S/C17H12ClNO3S/c1-22-14-4-2-3-11(9-14)10-15-16(20)19(17(21)23-15)13-7-5-12(18)6-8-13/h2-10H,1H3/b15-10-. The van der Waals surface area contributed by atoms with Gasteiger partial charge in [-0.05, 0) is 59.8 Å². The molecule has 0 saturated carbocycles. The molecule has 0 N–H and O–H groups in total. The first kappa shape index (κ1) is 15.6. The lowest BCUT2D eigenvalue weighted by Crippen LogP contribution is -2.27. The van der Waals surface area contributed by atoms with Crippen molar-refractivity contribution in [3.8, 4) is 5.75 Å². The molecule has 0 aliphatic carbocycles. The maximum atomic E-state index is 12.5. The summed E-state index contributed by atoms with van der Waals surface area (Å²) in [6.45, 7) is 0. The topological polar surface area (TPSA) is 46.6 Å². The highest BCUT2D eigenvalue weighted by atomic mass is 35.5. The summed E-state index contributed by atoms with van der Waals surface area (Å²) in [5.74, 6) is 0.348. The molecule has 116 valence electrons. The van der Waals surface area contributed by atoms with Crippen LogP contribution in [-0.4, -0.2) is 18.3 Å². The molecule has 0 atom stereocenters. The second-order valence-electron chi connectivity index (χ2n) is 4.77. The lowest BCUT2D eigenvalue weighted by atomic mass is 10.2. The summed E-state index contributed by atoms with van der Waals surface area (Å²) < 4.78 is 5.16. The van der Waals surface area contributed by atoms with Gasteiger partial charge in [-0.1, -0.05) is 23.7 Å².